The molecule has 1 nitrogen and oxygen atoms in total. The quantitative estimate of drug-likeness (QED) is 0.671. The van der Waals surface area contributed by atoms with E-state index in [0.717, 1.165) is 5.56 Å². The van der Waals surface area contributed by atoms with E-state index in [-0.39, 0.29) is 17.6 Å². The average Bonchev–Trinajstić information content (AvgIpc) is 2.56. The summed E-state index contributed by atoms with van der Waals surface area (Å²) in [7, 11) is 0. The molecule has 0 amide bonds. The number of hydrogen-bond acceptors (Lipinski definition) is 1. The SMILES string of the molecule is CC1OC(C)C(C(Cl)c2ccc(Cl)c(Cl)c2)C1C. The first-order valence-electron chi connectivity index (χ1n) is 6.16. The Balaban J connectivity index is 2.25. The first kappa shape index (κ1) is 14.5. The summed E-state index contributed by atoms with van der Waals surface area (Å²) >= 11 is 18.6. The van der Waals surface area contributed by atoms with Crippen LogP contribution < -0.4 is 0 Å². The second-order valence-electron chi connectivity index (χ2n) is 5.06. The van der Waals surface area contributed by atoms with E-state index >= 15 is 0 Å². The second kappa shape index (κ2) is 5.58. The van der Waals surface area contributed by atoms with Gasteiger partial charge in [0.1, 0.15) is 0 Å². The summed E-state index contributed by atoms with van der Waals surface area (Å²) in [6, 6.07) is 5.58. The summed E-state index contributed by atoms with van der Waals surface area (Å²) in [5, 5.41) is 1.00. The molecular weight excluding hydrogens is 291 g/mol. The van der Waals surface area contributed by atoms with Crippen molar-refractivity contribution in [2.45, 2.75) is 38.4 Å². The van der Waals surface area contributed by atoms with Crippen LogP contribution in [-0.2, 0) is 4.74 Å². The normalized spacial score (nSPS) is 33.7. The topological polar surface area (TPSA) is 9.23 Å². The first-order valence-corrected chi connectivity index (χ1v) is 7.35. The molecule has 1 saturated heterocycles. The molecule has 1 fully saturated rings. The van der Waals surface area contributed by atoms with E-state index in [9.17, 15) is 0 Å². The maximum atomic E-state index is 6.61. The van der Waals surface area contributed by atoms with Gasteiger partial charge < -0.3 is 4.74 Å². The van der Waals surface area contributed by atoms with Crippen LogP contribution in [0.4, 0.5) is 0 Å². The van der Waals surface area contributed by atoms with Crippen LogP contribution in [-0.4, -0.2) is 12.2 Å². The van der Waals surface area contributed by atoms with Gasteiger partial charge in [0.25, 0.3) is 0 Å². The maximum absolute atomic E-state index is 6.61. The van der Waals surface area contributed by atoms with Gasteiger partial charge in [0, 0.05) is 5.92 Å². The molecule has 1 heterocycles. The third kappa shape index (κ3) is 2.65. The number of rotatable bonds is 2. The highest BCUT2D eigenvalue weighted by atomic mass is 35.5. The van der Waals surface area contributed by atoms with Gasteiger partial charge in [-0.2, -0.15) is 0 Å². The number of ether oxygens (including phenoxy) is 1. The Labute approximate surface area is 123 Å². The van der Waals surface area contributed by atoms with Crippen molar-refractivity contribution in [2.75, 3.05) is 0 Å². The lowest BCUT2D eigenvalue weighted by Crippen LogP contribution is -2.22. The second-order valence-corrected chi connectivity index (χ2v) is 6.34. The van der Waals surface area contributed by atoms with Gasteiger partial charge in [0.05, 0.1) is 27.6 Å². The maximum Gasteiger partial charge on any atom is 0.0642 e. The minimum Gasteiger partial charge on any atom is -0.375 e. The van der Waals surface area contributed by atoms with Gasteiger partial charge in [-0.25, -0.2) is 0 Å². The van der Waals surface area contributed by atoms with Crippen LogP contribution in [0.1, 0.15) is 31.7 Å². The Morgan fingerprint density at radius 2 is 1.72 bits per heavy atom. The van der Waals surface area contributed by atoms with Crippen molar-refractivity contribution in [3.05, 3.63) is 33.8 Å². The van der Waals surface area contributed by atoms with Crippen molar-refractivity contribution in [3.8, 4) is 0 Å². The Morgan fingerprint density at radius 3 is 2.22 bits per heavy atom. The fourth-order valence-electron chi connectivity index (χ4n) is 2.70. The molecule has 5 unspecified atom stereocenters. The zero-order valence-corrected chi connectivity index (χ0v) is 12.9. The highest BCUT2D eigenvalue weighted by molar-refractivity contribution is 6.42. The molecule has 4 heteroatoms. The fourth-order valence-corrected chi connectivity index (χ4v) is 3.58. The van der Waals surface area contributed by atoms with Crippen LogP contribution >= 0.6 is 34.8 Å². The van der Waals surface area contributed by atoms with Gasteiger partial charge in [0.2, 0.25) is 0 Å². The molecule has 5 atom stereocenters. The van der Waals surface area contributed by atoms with Crippen LogP contribution in [0.15, 0.2) is 18.2 Å². The van der Waals surface area contributed by atoms with Crippen LogP contribution in [0.2, 0.25) is 10.0 Å². The molecule has 1 aromatic rings. The standard InChI is InChI=1S/C14H17Cl3O/c1-7-8(2)18-9(3)13(7)14(17)10-4-5-11(15)12(16)6-10/h4-9,13-14H,1-3H3. The molecule has 0 spiro atoms. The van der Waals surface area contributed by atoms with Crippen LogP contribution in [0.3, 0.4) is 0 Å². The Bertz CT molecular complexity index is 435. The predicted octanol–water partition coefficient (Wildman–Crippen LogP) is 5.33. The molecule has 0 saturated carbocycles. The summed E-state index contributed by atoms with van der Waals surface area (Å²) < 4.78 is 5.84. The number of alkyl halides is 1. The molecule has 1 aliphatic rings. The minimum absolute atomic E-state index is 0.102. The highest BCUT2D eigenvalue weighted by Gasteiger charge is 2.41. The van der Waals surface area contributed by atoms with Crippen LogP contribution in [0, 0.1) is 11.8 Å². The Kier molecular flexibility index (Phi) is 4.48. The first-order chi connectivity index (χ1) is 8.41. The predicted molar refractivity (Wildman–Crippen MR) is 77.7 cm³/mol. The van der Waals surface area contributed by atoms with E-state index in [1.54, 1.807) is 6.07 Å². The Morgan fingerprint density at radius 1 is 1.06 bits per heavy atom. The average molecular weight is 308 g/mol. The molecule has 1 aromatic carbocycles. The third-order valence-corrected chi connectivity index (χ3v) is 5.20. The van der Waals surface area contributed by atoms with Crippen molar-refractivity contribution in [3.63, 3.8) is 0 Å². The van der Waals surface area contributed by atoms with E-state index < -0.39 is 0 Å². The molecule has 100 valence electrons. The van der Waals surface area contributed by atoms with Crippen molar-refractivity contribution < 1.29 is 4.74 Å². The number of benzene rings is 1. The lowest BCUT2D eigenvalue weighted by Gasteiger charge is -2.24. The van der Waals surface area contributed by atoms with Gasteiger partial charge in [-0.3, -0.25) is 0 Å². The largest absolute Gasteiger partial charge is 0.375 e. The molecule has 0 aromatic heterocycles. The fraction of sp³-hybridized carbons (Fsp3) is 0.571. The highest BCUT2D eigenvalue weighted by Crippen LogP contribution is 2.44. The van der Waals surface area contributed by atoms with Crippen molar-refractivity contribution >= 4 is 34.8 Å². The van der Waals surface area contributed by atoms with E-state index in [0.29, 0.717) is 21.9 Å². The van der Waals surface area contributed by atoms with Crippen molar-refractivity contribution in [2.24, 2.45) is 11.8 Å². The van der Waals surface area contributed by atoms with Gasteiger partial charge in [-0.15, -0.1) is 11.6 Å². The zero-order chi connectivity index (χ0) is 13.4. The lowest BCUT2D eigenvalue weighted by atomic mass is 9.84. The molecule has 1 aliphatic heterocycles. The monoisotopic (exact) mass is 306 g/mol. The Hall–Kier alpha value is 0.0500. The van der Waals surface area contributed by atoms with Crippen molar-refractivity contribution in [1.29, 1.82) is 0 Å². The minimum atomic E-state index is -0.102. The molecule has 0 N–H and O–H groups in total. The van der Waals surface area contributed by atoms with Gasteiger partial charge in [-0.1, -0.05) is 36.2 Å². The summed E-state index contributed by atoms with van der Waals surface area (Å²) in [5.74, 6) is 0.718. The van der Waals surface area contributed by atoms with E-state index in [4.69, 9.17) is 39.5 Å². The summed E-state index contributed by atoms with van der Waals surface area (Å²) in [6.45, 7) is 6.36. The molecular formula is C14H17Cl3O. The molecule has 0 radical (unpaired) electrons. The molecule has 0 aliphatic carbocycles. The molecule has 0 bridgehead atoms. The smallest absolute Gasteiger partial charge is 0.0642 e. The lowest BCUT2D eigenvalue weighted by molar-refractivity contribution is 0.0508. The van der Waals surface area contributed by atoms with E-state index in [1.807, 2.05) is 12.1 Å². The van der Waals surface area contributed by atoms with Gasteiger partial charge in [-0.05, 0) is 37.5 Å². The van der Waals surface area contributed by atoms with Crippen LogP contribution in [0.5, 0.6) is 0 Å². The summed E-state index contributed by atoms with van der Waals surface area (Å²) in [6.07, 6.45) is 0.404. The third-order valence-electron chi connectivity index (χ3n) is 3.92. The number of halogens is 3. The molecule has 2 rings (SSSR count). The van der Waals surface area contributed by atoms with Gasteiger partial charge in [0.15, 0.2) is 0 Å². The van der Waals surface area contributed by atoms with E-state index in [1.165, 1.54) is 0 Å². The van der Waals surface area contributed by atoms with Crippen LogP contribution in [0.25, 0.3) is 0 Å². The summed E-state index contributed by atoms with van der Waals surface area (Å²) in [4.78, 5) is 0. The summed E-state index contributed by atoms with van der Waals surface area (Å²) in [5.41, 5.74) is 1.01. The van der Waals surface area contributed by atoms with Crippen molar-refractivity contribution in [1.82, 2.24) is 0 Å². The van der Waals surface area contributed by atoms with E-state index in [2.05, 4.69) is 20.8 Å². The zero-order valence-electron chi connectivity index (χ0n) is 10.7. The number of hydrogen-bond donors (Lipinski definition) is 0. The molecule has 18 heavy (non-hydrogen) atoms. The van der Waals surface area contributed by atoms with Gasteiger partial charge >= 0.3 is 0 Å².